The summed E-state index contributed by atoms with van der Waals surface area (Å²) in [4.78, 5) is 27.4. The van der Waals surface area contributed by atoms with E-state index in [-0.39, 0.29) is 22.7 Å². The minimum absolute atomic E-state index is 0.00909. The monoisotopic (exact) mass is 531 g/mol. The Morgan fingerprint density at radius 3 is 2.19 bits per heavy atom. The highest BCUT2D eigenvalue weighted by molar-refractivity contribution is 7.92. The largest absolute Gasteiger partial charge is 0.355 e. The molecule has 0 spiro atoms. The maximum atomic E-state index is 14.4. The molecule has 0 aliphatic carbocycles. The van der Waals surface area contributed by atoms with Gasteiger partial charge in [0.05, 0.1) is 10.6 Å². The van der Waals surface area contributed by atoms with Gasteiger partial charge in [-0.3, -0.25) is 13.9 Å². The predicted octanol–water partition coefficient (Wildman–Crippen LogP) is 4.23. The van der Waals surface area contributed by atoms with Crippen LogP contribution in [0.5, 0.6) is 0 Å². The highest BCUT2D eigenvalue weighted by Crippen LogP contribution is 2.26. The molecule has 1 atom stereocenters. The summed E-state index contributed by atoms with van der Waals surface area (Å²) in [6, 6.07) is 18.6. The zero-order valence-corrected chi connectivity index (χ0v) is 21.5. The highest BCUT2D eigenvalue weighted by atomic mass is 35.5. The van der Waals surface area contributed by atoms with Crippen molar-refractivity contribution in [2.24, 2.45) is 0 Å². The van der Waals surface area contributed by atoms with Gasteiger partial charge < -0.3 is 10.2 Å². The number of sulfonamides is 1. The summed E-state index contributed by atoms with van der Waals surface area (Å²) in [5.41, 5.74) is 0.416. The first-order valence-electron chi connectivity index (χ1n) is 11.3. The molecule has 2 amide bonds. The molecule has 3 aromatic rings. The summed E-state index contributed by atoms with van der Waals surface area (Å²) < 4.78 is 42.6. The molecule has 0 aliphatic rings. The Balaban J connectivity index is 2.02. The van der Waals surface area contributed by atoms with E-state index in [4.69, 9.17) is 11.6 Å². The lowest BCUT2D eigenvalue weighted by atomic mass is 10.1. The molecule has 36 heavy (non-hydrogen) atoms. The second-order valence-corrected chi connectivity index (χ2v) is 10.3. The average Bonchev–Trinajstić information content (AvgIpc) is 2.87. The molecule has 0 saturated carbocycles. The molecule has 0 fully saturated rings. The summed E-state index contributed by atoms with van der Waals surface area (Å²) in [5.74, 6) is -1.65. The van der Waals surface area contributed by atoms with Gasteiger partial charge >= 0.3 is 0 Å². The molecule has 0 radical (unpaired) electrons. The van der Waals surface area contributed by atoms with Crippen LogP contribution < -0.4 is 9.62 Å². The third-order valence-corrected chi connectivity index (χ3v) is 7.58. The first kappa shape index (κ1) is 27.2. The van der Waals surface area contributed by atoms with Crippen LogP contribution >= 0.6 is 11.6 Å². The quantitative estimate of drug-likeness (QED) is 0.424. The summed E-state index contributed by atoms with van der Waals surface area (Å²) in [7, 11) is -4.16. The topological polar surface area (TPSA) is 86.8 Å². The number of anilines is 1. The number of amides is 2. The van der Waals surface area contributed by atoms with Gasteiger partial charge in [-0.05, 0) is 56.3 Å². The summed E-state index contributed by atoms with van der Waals surface area (Å²) >= 11 is 5.99. The average molecular weight is 532 g/mol. The maximum Gasteiger partial charge on any atom is 0.264 e. The van der Waals surface area contributed by atoms with Crippen molar-refractivity contribution in [2.75, 3.05) is 17.4 Å². The number of likely N-dealkylation sites (N-methyl/N-ethyl adjacent to an activating group) is 1. The Morgan fingerprint density at radius 1 is 0.972 bits per heavy atom. The van der Waals surface area contributed by atoms with Crippen LogP contribution in [0.1, 0.15) is 19.4 Å². The second kappa shape index (κ2) is 12.0. The molecule has 3 aromatic carbocycles. The number of nitrogens with zero attached hydrogens (tertiary/aromatic N) is 2. The first-order chi connectivity index (χ1) is 17.1. The van der Waals surface area contributed by atoms with Crippen LogP contribution in [-0.4, -0.2) is 44.3 Å². The van der Waals surface area contributed by atoms with Gasteiger partial charge in [-0.1, -0.05) is 48.0 Å². The van der Waals surface area contributed by atoms with Crippen LogP contribution in [0.4, 0.5) is 10.1 Å². The van der Waals surface area contributed by atoms with E-state index in [9.17, 15) is 22.4 Å². The van der Waals surface area contributed by atoms with Crippen LogP contribution in [-0.2, 0) is 26.2 Å². The standard InChI is InChI=1S/C26H27ClFN3O4S/c1-3-29-26(33)19(2)30(17-20-9-7-8-12-24(20)28)25(32)18-31(22-15-13-21(27)14-16-22)36(34,35)23-10-5-4-6-11-23/h4-16,19H,3,17-18H2,1-2H3,(H,29,33). The zero-order chi connectivity index (χ0) is 26.3. The lowest BCUT2D eigenvalue weighted by Crippen LogP contribution is -2.51. The smallest absolute Gasteiger partial charge is 0.264 e. The van der Waals surface area contributed by atoms with Gasteiger partial charge in [-0.25, -0.2) is 12.8 Å². The predicted molar refractivity (Wildman–Crippen MR) is 138 cm³/mol. The second-order valence-electron chi connectivity index (χ2n) is 7.98. The summed E-state index contributed by atoms with van der Waals surface area (Å²) in [5, 5.41) is 3.05. The number of hydrogen-bond donors (Lipinski definition) is 1. The van der Waals surface area contributed by atoms with Gasteiger partial charge in [0.1, 0.15) is 18.4 Å². The van der Waals surface area contributed by atoms with Crippen LogP contribution in [0.3, 0.4) is 0 Å². The van der Waals surface area contributed by atoms with E-state index in [1.165, 1.54) is 66.4 Å². The van der Waals surface area contributed by atoms with Crippen LogP contribution in [0, 0.1) is 5.82 Å². The number of nitrogens with one attached hydrogen (secondary N) is 1. The van der Waals surface area contributed by atoms with E-state index in [0.29, 0.717) is 11.6 Å². The fourth-order valence-electron chi connectivity index (χ4n) is 3.57. The van der Waals surface area contributed by atoms with E-state index in [0.717, 1.165) is 4.31 Å². The van der Waals surface area contributed by atoms with E-state index in [2.05, 4.69) is 5.32 Å². The Labute approximate surface area is 215 Å². The molecule has 7 nitrogen and oxygen atoms in total. The summed E-state index contributed by atoms with van der Waals surface area (Å²) in [6.45, 7) is 2.76. The fourth-order valence-corrected chi connectivity index (χ4v) is 5.13. The van der Waals surface area contributed by atoms with Crippen molar-refractivity contribution in [3.05, 3.63) is 95.3 Å². The minimum atomic E-state index is -4.16. The lowest BCUT2D eigenvalue weighted by Gasteiger charge is -2.32. The van der Waals surface area contributed by atoms with Crippen molar-refractivity contribution in [3.63, 3.8) is 0 Å². The van der Waals surface area contributed by atoms with Crippen molar-refractivity contribution in [1.82, 2.24) is 10.2 Å². The summed E-state index contributed by atoms with van der Waals surface area (Å²) in [6.07, 6.45) is 0. The molecule has 1 unspecified atom stereocenters. The molecule has 0 bridgehead atoms. The van der Waals surface area contributed by atoms with Gasteiger partial charge in [0.25, 0.3) is 10.0 Å². The molecule has 0 aromatic heterocycles. The molecule has 0 heterocycles. The molecule has 0 aliphatic heterocycles. The maximum absolute atomic E-state index is 14.4. The zero-order valence-electron chi connectivity index (χ0n) is 19.9. The van der Waals surface area contributed by atoms with Crippen LogP contribution in [0.2, 0.25) is 5.02 Å². The normalized spacial score (nSPS) is 12.0. The number of hydrogen-bond acceptors (Lipinski definition) is 4. The molecular weight excluding hydrogens is 505 g/mol. The van der Waals surface area contributed by atoms with Gasteiger partial charge in [-0.2, -0.15) is 0 Å². The fraction of sp³-hybridized carbons (Fsp3) is 0.231. The van der Waals surface area contributed by atoms with E-state index >= 15 is 0 Å². The number of carbonyl (C=O) groups is 2. The van der Waals surface area contributed by atoms with Crippen molar-refractivity contribution in [1.29, 1.82) is 0 Å². The molecule has 0 saturated heterocycles. The Bertz CT molecular complexity index is 1300. The SMILES string of the molecule is CCNC(=O)C(C)N(Cc1ccccc1F)C(=O)CN(c1ccc(Cl)cc1)S(=O)(=O)c1ccccc1. The Hall–Kier alpha value is -3.43. The van der Waals surface area contributed by atoms with Crippen LogP contribution in [0.15, 0.2) is 83.8 Å². The number of rotatable bonds is 10. The van der Waals surface area contributed by atoms with E-state index < -0.39 is 40.2 Å². The van der Waals surface area contributed by atoms with E-state index in [1.54, 1.807) is 31.2 Å². The van der Waals surface area contributed by atoms with Gasteiger partial charge in [0.15, 0.2) is 0 Å². The minimum Gasteiger partial charge on any atom is -0.355 e. The number of carbonyl (C=O) groups excluding carboxylic acids is 2. The Kier molecular flexibility index (Phi) is 9.06. The number of benzene rings is 3. The van der Waals surface area contributed by atoms with Crippen LogP contribution in [0.25, 0.3) is 0 Å². The third kappa shape index (κ3) is 6.41. The van der Waals surface area contributed by atoms with Crippen molar-refractivity contribution in [3.8, 4) is 0 Å². The molecule has 190 valence electrons. The molecule has 3 rings (SSSR count). The number of halogens is 2. The van der Waals surface area contributed by atoms with Crippen molar-refractivity contribution in [2.45, 2.75) is 31.3 Å². The van der Waals surface area contributed by atoms with E-state index in [1.807, 2.05) is 0 Å². The highest BCUT2D eigenvalue weighted by Gasteiger charge is 2.32. The van der Waals surface area contributed by atoms with Gasteiger partial charge in [0.2, 0.25) is 11.8 Å². The van der Waals surface area contributed by atoms with Crippen molar-refractivity contribution < 1.29 is 22.4 Å². The molecule has 1 N–H and O–H groups in total. The molecule has 10 heteroatoms. The first-order valence-corrected chi connectivity index (χ1v) is 13.1. The van der Waals surface area contributed by atoms with Gasteiger partial charge in [0, 0.05) is 23.7 Å². The lowest BCUT2D eigenvalue weighted by molar-refractivity contribution is -0.139. The van der Waals surface area contributed by atoms with Crippen molar-refractivity contribution >= 4 is 39.1 Å². The van der Waals surface area contributed by atoms with Gasteiger partial charge in [-0.15, -0.1) is 0 Å². The molecular formula is C26H27ClFN3O4S. The Morgan fingerprint density at radius 2 is 1.58 bits per heavy atom. The third-order valence-electron chi connectivity index (χ3n) is 5.54.